The highest BCUT2D eigenvalue weighted by atomic mass is 127. The highest BCUT2D eigenvalue weighted by Gasteiger charge is 2.29. The smallest absolute Gasteiger partial charge is 0.207 e. The van der Waals surface area contributed by atoms with Crippen molar-refractivity contribution in [3.63, 3.8) is 0 Å². The molecule has 3 atom stereocenters. The fourth-order valence-corrected chi connectivity index (χ4v) is 5.36. The van der Waals surface area contributed by atoms with Gasteiger partial charge in [-0.3, -0.25) is 4.57 Å². The molecule has 0 bridgehead atoms. The zero-order valence-corrected chi connectivity index (χ0v) is 18.4. The minimum absolute atomic E-state index is 0.156. The normalized spacial score (nSPS) is 22.2. The second kappa shape index (κ2) is 9.52. The van der Waals surface area contributed by atoms with Crippen molar-refractivity contribution in [1.82, 2.24) is 5.32 Å². The minimum Gasteiger partial charge on any atom is -0.497 e. The van der Waals surface area contributed by atoms with Crippen LogP contribution in [0.1, 0.15) is 11.1 Å². The number of methoxy groups -OCH3 is 1. The lowest BCUT2D eigenvalue weighted by molar-refractivity contribution is 0.0162. The molecule has 0 amide bonds. The first-order valence-corrected chi connectivity index (χ1v) is 12.1. The number of morpholine rings is 1. The summed E-state index contributed by atoms with van der Waals surface area (Å²) in [6.07, 6.45) is 0.990. The molecule has 1 aliphatic heterocycles. The van der Waals surface area contributed by atoms with Crippen LogP contribution in [-0.4, -0.2) is 43.5 Å². The predicted molar refractivity (Wildman–Crippen MR) is 116 cm³/mol. The van der Waals surface area contributed by atoms with Gasteiger partial charge in [0.1, 0.15) is 5.75 Å². The Hall–Kier alpha value is -0.920. The Morgan fingerprint density at radius 2 is 1.85 bits per heavy atom. The van der Waals surface area contributed by atoms with Crippen LogP contribution in [0.3, 0.4) is 0 Å². The molecule has 1 fully saturated rings. The van der Waals surface area contributed by atoms with Crippen LogP contribution in [0.2, 0.25) is 0 Å². The maximum absolute atomic E-state index is 12.6. The summed E-state index contributed by atoms with van der Waals surface area (Å²) >= 11 is 2.30. The molecule has 2 aromatic carbocycles. The van der Waals surface area contributed by atoms with Crippen LogP contribution in [0.5, 0.6) is 5.75 Å². The maximum Gasteiger partial charge on any atom is 0.207 e. The third kappa shape index (κ3) is 6.57. The van der Waals surface area contributed by atoms with Crippen LogP contribution < -0.4 is 10.1 Å². The zero-order chi connectivity index (χ0) is 19.3. The van der Waals surface area contributed by atoms with Gasteiger partial charge in [0.25, 0.3) is 0 Å². The van der Waals surface area contributed by atoms with E-state index in [-0.39, 0.29) is 24.5 Å². The van der Waals surface area contributed by atoms with Gasteiger partial charge in [-0.15, -0.1) is 0 Å². The predicted octanol–water partition coefficient (Wildman–Crippen LogP) is 3.67. The summed E-state index contributed by atoms with van der Waals surface area (Å²) in [6, 6.07) is 16.0. The molecule has 0 spiro atoms. The molecule has 7 heteroatoms. The van der Waals surface area contributed by atoms with E-state index in [1.54, 1.807) is 7.11 Å². The standard InChI is InChI=1S/C20H25INO4P/c1-25-19-8-4-16(5-9-19)13-27(23,24)14-20-11-22-18(12-26-20)10-15-2-6-17(21)7-3-15/h2-9,18,20,22H,10-14H2,1H3,(H,23,24)/t18-,20-/m1/s1. The van der Waals surface area contributed by atoms with E-state index in [1.165, 1.54) is 9.13 Å². The molecule has 0 aromatic heterocycles. The number of hydrogen-bond acceptors (Lipinski definition) is 4. The molecule has 0 radical (unpaired) electrons. The Morgan fingerprint density at radius 1 is 1.19 bits per heavy atom. The molecule has 1 aliphatic rings. The zero-order valence-electron chi connectivity index (χ0n) is 15.3. The summed E-state index contributed by atoms with van der Waals surface area (Å²) in [5.74, 6) is 0.741. The van der Waals surface area contributed by atoms with Gasteiger partial charge in [-0.1, -0.05) is 24.3 Å². The van der Waals surface area contributed by atoms with Crippen LogP contribution in [-0.2, 0) is 21.9 Å². The molecule has 27 heavy (non-hydrogen) atoms. The van der Waals surface area contributed by atoms with Gasteiger partial charge < -0.3 is 19.7 Å². The summed E-state index contributed by atoms with van der Waals surface area (Å²) in [6.45, 7) is 1.15. The van der Waals surface area contributed by atoms with E-state index < -0.39 is 7.37 Å². The summed E-state index contributed by atoms with van der Waals surface area (Å²) in [5, 5.41) is 3.46. The summed E-state index contributed by atoms with van der Waals surface area (Å²) in [7, 11) is -1.70. The van der Waals surface area contributed by atoms with Crippen molar-refractivity contribution in [2.75, 3.05) is 26.4 Å². The number of nitrogens with one attached hydrogen (secondary N) is 1. The van der Waals surface area contributed by atoms with E-state index in [9.17, 15) is 9.46 Å². The SMILES string of the molecule is COc1ccc(CP(=O)(O)C[C@H]2CN[C@H](Cc3ccc(I)cc3)CO2)cc1. The van der Waals surface area contributed by atoms with Gasteiger partial charge in [0.2, 0.25) is 7.37 Å². The fourth-order valence-electron chi connectivity index (χ4n) is 3.22. The Labute approximate surface area is 174 Å². The number of halogens is 1. The van der Waals surface area contributed by atoms with Crippen LogP contribution in [0, 0.1) is 3.57 Å². The Balaban J connectivity index is 1.47. The summed E-state index contributed by atoms with van der Waals surface area (Å²) < 4.78 is 24.8. The van der Waals surface area contributed by atoms with Crippen molar-refractivity contribution in [1.29, 1.82) is 0 Å². The van der Waals surface area contributed by atoms with Crippen LogP contribution in [0.15, 0.2) is 48.5 Å². The van der Waals surface area contributed by atoms with E-state index in [0.717, 1.165) is 17.7 Å². The maximum atomic E-state index is 12.6. The average molecular weight is 501 g/mol. The van der Waals surface area contributed by atoms with Crippen LogP contribution in [0.25, 0.3) is 0 Å². The summed E-state index contributed by atoms with van der Waals surface area (Å²) in [4.78, 5) is 10.4. The number of rotatable bonds is 7. The Kier molecular flexibility index (Phi) is 7.34. The molecule has 1 unspecified atom stereocenters. The first-order valence-electron chi connectivity index (χ1n) is 8.97. The Morgan fingerprint density at radius 3 is 2.44 bits per heavy atom. The second-order valence-electron chi connectivity index (χ2n) is 6.93. The number of ether oxygens (including phenoxy) is 2. The van der Waals surface area contributed by atoms with E-state index in [1.807, 2.05) is 24.3 Å². The van der Waals surface area contributed by atoms with Crippen molar-refractivity contribution < 1.29 is 18.9 Å². The summed E-state index contributed by atoms with van der Waals surface area (Å²) in [5.41, 5.74) is 2.10. The van der Waals surface area contributed by atoms with E-state index in [4.69, 9.17) is 9.47 Å². The monoisotopic (exact) mass is 501 g/mol. The molecular weight excluding hydrogens is 476 g/mol. The van der Waals surface area contributed by atoms with E-state index in [0.29, 0.717) is 13.2 Å². The largest absolute Gasteiger partial charge is 0.497 e. The fraction of sp³-hybridized carbons (Fsp3) is 0.400. The van der Waals surface area contributed by atoms with Crippen LogP contribution in [0.4, 0.5) is 0 Å². The van der Waals surface area contributed by atoms with Gasteiger partial charge in [-0.25, -0.2) is 0 Å². The average Bonchev–Trinajstić information content (AvgIpc) is 2.65. The molecule has 146 valence electrons. The van der Waals surface area contributed by atoms with Gasteiger partial charge in [0.05, 0.1) is 26.0 Å². The molecule has 0 saturated carbocycles. The molecule has 2 N–H and O–H groups in total. The third-order valence-electron chi connectivity index (χ3n) is 4.64. The first kappa shape index (κ1) is 20.8. The van der Waals surface area contributed by atoms with Crippen molar-refractivity contribution >= 4 is 30.0 Å². The lowest BCUT2D eigenvalue weighted by Gasteiger charge is -2.31. The molecular formula is C20H25INO4P. The third-order valence-corrected chi connectivity index (χ3v) is 7.20. The molecule has 1 heterocycles. The number of hydrogen-bond donors (Lipinski definition) is 2. The molecule has 0 aliphatic carbocycles. The van der Waals surface area contributed by atoms with Gasteiger partial charge in [-0.2, -0.15) is 0 Å². The first-order chi connectivity index (χ1) is 12.9. The van der Waals surface area contributed by atoms with E-state index >= 15 is 0 Å². The Bertz CT molecular complexity index is 774. The topological polar surface area (TPSA) is 67.8 Å². The molecule has 2 aromatic rings. The van der Waals surface area contributed by atoms with Crippen molar-refractivity contribution in [3.05, 3.63) is 63.2 Å². The van der Waals surface area contributed by atoms with Crippen molar-refractivity contribution in [3.8, 4) is 5.75 Å². The molecule has 5 nitrogen and oxygen atoms in total. The van der Waals surface area contributed by atoms with Gasteiger partial charge in [0, 0.05) is 22.3 Å². The lowest BCUT2D eigenvalue weighted by Crippen LogP contribution is -2.48. The lowest BCUT2D eigenvalue weighted by atomic mass is 10.1. The van der Waals surface area contributed by atoms with Crippen molar-refractivity contribution in [2.45, 2.75) is 24.7 Å². The highest BCUT2D eigenvalue weighted by Crippen LogP contribution is 2.45. The van der Waals surface area contributed by atoms with Crippen LogP contribution >= 0.6 is 30.0 Å². The van der Waals surface area contributed by atoms with Gasteiger partial charge in [-0.05, 0) is 64.4 Å². The molecule has 1 saturated heterocycles. The van der Waals surface area contributed by atoms with Crippen molar-refractivity contribution in [2.24, 2.45) is 0 Å². The van der Waals surface area contributed by atoms with E-state index in [2.05, 4.69) is 52.2 Å². The minimum atomic E-state index is -3.30. The highest BCUT2D eigenvalue weighted by molar-refractivity contribution is 14.1. The quantitative estimate of drug-likeness (QED) is 0.448. The van der Waals surface area contributed by atoms with Gasteiger partial charge >= 0.3 is 0 Å². The number of benzene rings is 2. The molecule has 3 rings (SSSR count). The van der Waals surface area contributed by atoms with Gasteiger partial charge in [0.15, 0.2) is 0 Å². The second-order valence-corrected chi connectivity index (χ2v) is 10.5.